The number of H-pyrrole nitrogens is 1. The first-order valence-electron chi connectivity index (χ1n) is 9.47. The van der Waals surface area contributed by atoms with Crippen LogP contribution in [0.5, 0.6) is 0 Å². The molecule has 0 saturated heterocycles. The molecule has 0 radical (unpaired) electrons. The van der Waals surface area contributed by atoms with Crippen LogP contribution in [-0.2, 0) is 12.8 Å². The molecule has 1 aromatic heterocycles. The van der Waals surface area contributed by atoms with Crippen LogP contribution in [0.15, 0.2) is 48.5 Å². The van der Waals surface area contributed by atoms with E-state index in [1.165, 1.54) is 17.2 Å². The maximum Gasteiger partial charge on any atom is 0.155 e. The summed E-state index contributed by atoms with van der Waals surface area (Å²) in [6.45, 7) is 1.69. The number of aromatic amines is 1. The van der Waals surface area contributed by atoms with Crippen molar-refractivity contribution >= 4 is 16.6 Å². The smallest absolute Gasteiger partial charge is 0.155 e. The summed E-state index contributed by atoms with van der Waals surface area (Å²) >= 11 is 0. The Morgan fingerprint density at radius 2 is 1.75 bits per heavy atom. The minimum Gasteiger partial charge on any atom is -0.388 e. The molecule has 5 rings (SSSR count). The van der Waals surface area contributed by atoms with E-state index in [0.717, 1.165) is 35.2 Å². The monoisotopic (exact) mass is 374 g/mol. The van der Waals surface area contributed by atoms with Crippen LogP contribution >= 0.6 is 0 Å². The van der Waals surface area contributed by atoms with Crippen LogP contribution in [0, 0.1) is 18.6 Å². The fourth-order valence-electron chi connectivity index (χ4n) is 4.27. The Labute approximate surface area is 162 Å². The van der Waals surface area contributed by atoms with Gasteiger partial charge in [0, 0.05) is 29.2 Å². The molecule has 0 aliphatic heterocycles. The second kappa shape index (κ2) is 6.20. The molecule has 2 nitrogen and oxygen atoms in total. The molecule has 3 aromatic carbocycles. The van der Waals surface area contributed by atoms with Crippen molar-refractivity contribution in [3.63, 3.8) is 0 Å². The first kappa shape index (κ1) is 17.0. The van der Waals surface area contributed by atoms with Crippen molar-refractivity contribution in [1.29, 1.82) is 0 Å². The average molecular weight is 374 g/mol. The molecule has 2 N–H and O–H groups in total. The first-order valence-corrected chi connectivity index (χ1v) is 9.47. The van der Waals surface area contributed by atoms with Crippen LogP contribution < -0.4 is 5.32 Å². The summed E-state index contributed by atoms with van der Waals surface area (Å²) in [6, 6.07) is 14.8. The molecule has 0 fully saturated rings. The van der Waals surface area contributed by atoms with Gasteiger partial charge in [-0.3, -0.25) is 0 Å². The van der Waals surface area contributed by atoms with Gasteiger partial charge in [0.15, 0.2) is 5.82 Å². The highest BCUT2D eigenvalue weighted by Crippen LogP contribution is 2.40. The molecule has 0 spiro atoms. The molecule has 1 heterocycles. The van der Waals surface area contributed by atoms with Crippen molar-refractivity contribution in [1.82, 2.24) is 4.98 Å². The van der Waals surface area contributed by atoms with Gasteiger partial charge in [-0.15, -0.1) is 0 Å². The number of nitrogens with one attached hydrogen (secondary N) is 2. The molecule has 0 atom stereocenters. The zero-order valence-corrected chi connectivity index (χ0v) is 15.8. The second-order valence-electron chi connectivity index (χ2n) is 7.41. The fraction of sp³-hybridized carbons (Fsp3) is 0.167. The third-order valence-electron chi connectivity index (χ3n) is 5.80. The molecular weight excluding hydrogens is 354 g/mol. The molecule has 0 saturated carbocycles. The topological polar surface area (TPSA) is 27.8 Å². The van der Waals surface area contributed by atoms with E-state index in [-0.39, 0.29) is 11.6 Å². The number of hydrogen-bond donors (Lipinski definition) is 2. The molecule has 4 heteroatoms. The van der Waals surface area contributed by atoms with E-state index in [4.69, 9.17) is 0 Å². The Hall–Kier alpha value is -3.14. The van der Waals surface area contributed by atoms with Gasteiger partial charge in [0.1, 0.15) is 5.82 Å². The summed E-state index contributed by atoms with van der Waals surface area (Å²) in [7, 11) is 1.91. The van der Waals surface area contributed by atoms with E-state index in [9.17, 15) is 4.39 Å². The van der Waals surface area contributed by atoms with Crippen molar-refractivity contribution in [3.8, 4) is 22.4 Å². The normalized spacial score (nSPS) is 12.7. The van der Waals surface area contributed by atoms with Gasteiger partial charge in [-0.1, -0.05) is 24.3 Å². The van der Waals surface area contributed by atoms with E-state index < -0.39 is 0 Å². The van der Waals surface area contributed by atoms with Crippen molar-refractivity contribution in [2.75, 3.05) is 12.4 Å². The van der Waals surface area contributed by atoms with Crippen LogP contribution in [0.25, 0.3) is 33.3 Å². The lowest BCUT2D eigenvalue weighted by molar-refractivity contribution is 0.618. The van der Waals surface area contributed by atoms with E-state index in [0.29, 0.717) is 22.2 Å². The van der Waals surface area contributed by atoms with Gasteiger partial charge in [0.05, 0.1) is 11.2 Å². The maximum absolute atomic E-state index is 15.4. The largest absolute Gasteiger partial charge is 0.388 e. The number of rotatable bonds is 2. The highest BCUT2D eigenvalue weighted by molar-refractivity contribution is 5.95. The van der Waals surface area contributed by atoms with Gasteiger partial charge in [-0.2, -0.15) is 0 Å². The lowest BCUT2D eigenvalue weighted by atomic mass is 9.88. The molecule has 0 amide bonds. The lowest BCUT2D eigenvalue weighted by Gasteiger charge is -2.17. The number of aryl methyl sites for hydroxylation is 3. The van der Waals surface area contributed by atoms with Gasteiger partial charge in [0.25, 0.3) is 0 Å². The summed E-state index contributed by atoms with van der Waals surface area (Å²) in [5.41, 5.74) is 7.86. The Morgan fingerprint density at radius 3 is 2.54 bits per heavy atom. The predicted octanol–water partition coefficient (Wildman–Crippen LogP) is 6.23. The molecule has 1 aliphatic rings. The summed E-state index contributed by atoms with van der Waals surface area (Å²) in [5.74, 6) is -0.565. The van der Waals surface area contributed by atoms with E-state index >= 15 is 4.39 Å². The number of anilines is 1. The SMILES string of the molecule is CNc1ccc2c(c1)CCc1c-2[nH]c2c(F)c(-c3ccc(F)c(C)c3)ccc12. The summed E-state index contributed by atoms with van der Waals surface area (Å²) < 4.78 is 29.0. The summed E-state index contributed by atoms with van der Waals surface area (Å²) in [5, 5.41) is 4.10. The first-order chi connectivity index (χ1) is 13.6. The third-order valence-corrected chi connectivity index (χ3v) is 5.80. The zero-order valence-electron chi connectivity index (χ0n) is 15.8. The molecule has 140 valence electrons. The van der Waals surface area contributed by atoms with Gasteiger partial charge < -0.3 is 10.3 Å². The van der Waals surface area contributed by atoms with Crippen LogP contribution in [-0.4, -0.2) is 12.0 Å². The molecule has 0 bridgehead atoms. The molecule has 1 aliphatic carbocycles. The average Bonchev–Trinajstić information content (AvgIpc) is 3.10. The number of hydrogen-bond acceptors (Lipinski definition) is 1. The van der Waals surface area contributed by atoms with Gasteiger partial charge in [-0.05, 0) is 66.3 Å². The predicted molar refractivity (Wildman–Crippen MR) is 111 cm³/mol. The lowest BCUT2D eigenvalue weighted by Crippen LogP contribution is -2.03. The number of fused-ring (bicyclic) bond motifs is 5. The van der Waals surface area contributed by atoms with Crippen LogP contribution in [0.4, 0.5) is 14.5 Å². The number of benzene rings is 3. The van der Waals surface area contributed by atoms with Crippen LogP contribution in [0.1, 0.15) is 16.7 Å². The number of aromatic nitrogens is 1. The molecular formula is C24H20F2N2. The van der Waals surface area contributed by atoms with E-state index in [2.05, 4.69) is 22.4 Å². The number of halogens is 2. The van der Waals surface area contributed by atoms with E-state index in [1.807, 2.05) is 19.2 Å². The Morgan fingerprint density at radius 1 is 0.929 bits per heavy atom. The van der Waals surface area contributed by atoms with Crippen molar-refractivity contribution in [2.45, 2.75) is 19.8 Å². The molecule has 0 unspecified atom stereocenters. The second-order valence-corrected chi connectivity index (χ2v) is 7.41. The van der Waals surface area contributed by atoms with Crippen molar-refractivity contribution in [3.05, 3.63) is 76.9 Å². The highest BCUT2D eigenvalue weighted by Gasteiger charge is 2.23. The standard InChI is InChI=1S/C24H20F2N2/c1-13-11-14(4-10-21(13)25)17-8-9-20-19-6-3-15-12-16(27-2)5-7-18(15)23(19)28-24(20)22(17)26/h4-5,7-12,27-28H,3,6H2,1-2H3. The van der Waals surface area contributed by atoms with Gasteiger partial charge in [0.2, 0.25) is 0 Å². The molecule has 28 heavy (non-hydrogen) atoms. The Balaban J connectivity index is 1.70. The fourth-order valence-corrected chi connectivity index (χ4v) is 4.27. The minimum absolute atomic E-state index is 0.280. The minimum atomic E-state index is -0.286. The van der Waals surface area contributed by atoms with Gasteiger partial charge >= 0.3 is 0 Å². The maximum atomic E-state index is 15.4. The Bertz CT molecular complexity index is 1240. The van der Waals surface area contributed by atoms with Crippen molar-refractivity contribution < 1.29 is 8.78 Å². The van der Waals surface area contributed by atoms with Crippen LogP contribution in [0.3, 0.4) is 0 Å². The zero-order chi connectivity index (χ0) is 19.4. The van der Waals surface area contributed by atoms with Crippen molar-refractivity contribution in [2.24, 2.45) is 0 Å². The summed E-state index contributed by atoms with van der Waals surface area (Å²) in [6.07, 6.45) is 1.81. The summed E-state index contributed by atoms with van der Waals surface area (Å²) in [4.78, 5) is 3.34. The van der Waals surface area contributed by atoms with Gasteiger partial charge in [-0.25, -0.2) is 8.78 Å². The van der Waals surface area contributed by atoms with Crippen LogP contribution in [0.2, 0.25) is 0 Å². The van der Waals surface area contributed by atoms with E-state index in [1.54, 1.807) is 25.1 Å². The third kappa shape index (κ3) is 2.44. The highest BCUT2D eigenvalue weighted by atomic mass is 19.1. The molecule has 4 aromatic rings. The quantitative estimate of drug-likeness (QED) is 0.428. The Kier molecular flexibility index (Phi) is 3.76.